The Labute approximate surface area is 144 Å². The van der Waals surface area contributed by atoms with Gasteiger partial charge in [0.1, 0.15) is 5.69 Å². The Kier molecular flexibility index (Phi) is 3.58. The van der Waals surface area contributed by atoms with Gasteiger partial charge in [-0.3, -0.25) is 4.79 Å². The van der Waals surface area contributed by atoms with Crippen molar-refractivity contribution in [2.24, 2.45) is 0 Å². The van der Waals surface area contributed by atoms with E-state index in [4.69, 9.17) is 4.42 Å². The minimum atomic E-state index is -0.303. The number of aryl methyl sites for hydroxylation is 1. The van der Waals surface area contributed by atoms with Gasteiger partial charge in [-0.2, -0.15) is 0 Å². The minimum absolute atomic E-state index is 0.127. The molecule has 4 rings (SSSR count). The molecule has 0 fully saturated rings. The molecule has 0 amide bonds. The van der Waals surface area contributed by atoms with Gasteiger partial charge in [0.25, 0.3) is 0 Å². The molecule has 3 aromatic rings. The van der Waals surface area contributed by atoms with E-state index < -0.39 is 0 Å². The van der Waals surface area contributed by atoms with E-state index in [0.29, 0.717) is 11.5 Å². The van der Waals surface area contributed by atoms with Crippen LogP contribution in [-0.4, -0.2) is 15.9 Å². The highest BCUT2D eigenvalue weighted by atomic mass is 16.5. The Bertz CT molecular complexity index is 1020. The molecule has 2 aromatic carbocycles. The minimum Gasteiger partial charge on any atom is -0.479 e. The number of fused-ring (bicyclic) bond motifs is 1. The summed E-state index contributed by atoms with van der Waals surface area (Å²) in [7, 11) is 0. The molecule has 0 radical (unpaired) electrons. The second kappa shape index (κ2) is 5.91. The first-order valence-corrected chi connectivity index (χ1v) is 7.92. The zero-order valence-corrected chi connectivity index (χ0v) is 13.6. The molecule has 122 valence electrons. The van der Waals surface area contributed by atoms with Crippen LogP contribution in [0.25, 0.3) is 29.2 Å². The van der Waals surface area contributed by atoms with Crippen LogP contribution < -0.4 is 0 Å². The van der Waals surface area contributed by atoms with Gasteiger partial charge in [0, 0.05) is 11.1 Å². The molecule has 0 saturated carbocycles. The maximum atomic E-state index is 12.3. The summed E-state index contributed by atoms with van der Waals surface area (Å²) >= 11 is 0. The van der Waals surface area contributed by atoms with Crippen LogP contribution in [0.2, 0.25) is 0 Å². The van der Waals surface area contributed by atoms with Gasteiger partial charge in [0.2, 0.25) is 5.89 Å². The van der Waals surface area contributed by atoms with Crippen molar-refractivity contribution in [2.45, 2.75) is 6.92 Å². The highest BCUT2D eigenvalue weighted by Gasteiger charge is 2.19. The van der Waals surface area contributed by atoms with Crippen molar-refractivity contribution in [1.29, 1.82) is 0 Å². The molecule has 1 aliphatic rings. The van der Waals surface area contributed by atoms with Gasteiger partial charge in [-0.05, 0) is 42.3 Å². The Balaban J connectivity index is 1.78. The van der Waals surface area contributed by atoms with Crippen LogP contribution >= 0.6 is 0 Å². The van der Waals surface area contributed by atoms with E-state index in [2.05, 4.69) is 4.98 Å². The third-order valence-electron chi connectivity index (χ3n) is 4.14. The zero-order chi connectivity index (χ0) is 17.4. The molecule has 0 spiro atoms. The first-order chi connectivity index (χ1) is 12.1. The summed E-state index contributed by atoms with van der Waals surface area (Å²) < 4.78 is 5.38. The van der Waals surface area contributed by atoms with Crippen LogP contribution in [0.1, 0.15) is 22.4 Å². The quantitative estimate of drug-likeness (QED) is 0.704. The fourth-order valence-corrected chi connectivity index (χ4v) is 2.80. The van der Waals surface area contributed by atoms with Gasteiger partial charge in [-0.1, -0.05) is 48.0 Å². The van der Waals surface area contributed by atoms with Crippen molar-refractivity contribution in [3.8, 4) is 17.4 Å². The normalized spacial score (nSPS) is 14.8. The summed E-state index contributed by atoms with van der Waals surface area (Å²) in [5.74, 6) is -0.114. The highest BCUT2D eigenvalue weighted by Crippen LogP contribution is 2.32. The van der Waals surface area contributed by atoms with Crippen LogP contribution in [0, 0.1) is 6.92 Å². The Hall–Kier alpha value is -3.40. The number of hydrogen-bond donors (Lipinski definition) is 1. The number of hydrogen-bond acceptors (Lipinski definition) is 4. The second-order valence-corrected chi connectivity index (χ2v) is 5.92. The summed E-state index contributed by atoms with van der Waals surface area (Å²) in [5.41, 5.74) is 4.38. The number of nitrogens with zero attached hydrogens (tertiary/aromatic N) is 1. The largest absolute Gasteiger partial charge is 0.479 e. The lowest BCUT2D eigenvalue weighted by Crippen LogP contribution is -2.04. The summed E-state index contributed by atoms with van der Waals surface area (Å²) in [6.45, 7) is 1.99. The van der Waals surface area contributed by atoms with Crippen molar-refractivity contribution in [3.05, 3.63) is 77.0 Å². The Morgan fingerprint density at radius 2 is 1.80 bits per heavy atom. The standard InChI is InChI=1S/C21H15NO3/c1-13-6-8-15(9-7-13)20-22-18(21(24)25-20)12-17-16-5-3-2-4-14(16)10-11-19(17)23/h2-12,24H,1H3/b17-12-. The predicted molar refractivity (Wildman–Crippen MR) is 96.7 cm³/mol. The Morgan fingerprint density at radius 1 is 1.04 bits per heavy atom. The van der Waals surface area contributed by atoms with Crippen LogP contribution in [-0.2, 0) is 4.79 Å². The number of allylic oxidation sites excluding steroid dienone is 2. The van der Waals surface area contributed by atoms with Gasteiger partial charge in [0.05, 0.1) is 0 Å². The number of carbonyl (C=O) groups is 1. The van der Waals surface area contributed by atoms with E-state index in [-0.39, 0.29) is 17.4 Å². The second-order valence-electron chi connectivity index (χ2n) is 5.92. The summed E-state index contributed by atoms with van der Waals surface area (Å²) in [6, 6.07) is 15.2. The van der Waals surface area contributed by atoms with Gasteiger partial charge in [0.15, 0.2) is 5.78 Å². The molecule has 1 aliphatic carbocycles. The number of rotatable bonds is 2. The number of aromatic nitrogens is 1. The molecule has 4 nitrogen and oxygen atoms in total. The lowest BCUT2D eigenvalue weighted by atomic mass is 9.91. The van der Waals surface area contributed by atoms with Gasteiger partial charge in [-0.15, -0.1) is 0 Å². The molecular formula is C21H15NO3. The van der Waals surface area contributed by atoms with E-state index in [1.165, 1.54) is 6.08 Å². The molecule has 1 aromatic heterocycles. The number of carbonyl (C=O) groups excluding carboxylic acids is 1. The summed E-state index contributed by atoms with van der Waals surface area (Å²) in [5, 5.41) is 10.1. The molecule has 0 saturated heterocycles. The number of ketones is 1. The zero-order valence-electron chi connectivity index (χ0n) is 13.6. The molecular weight excluding hydrogens is 314 g/mol. The van der Waals surface area contributed by atoms with E-state index in [9.17, 15) is 9.90 Å². The number of benzene rings is 2. The van der Waals surface area contributed by atoms with Crippen molar-refractivity contribution in [1.82, 2.24) is 4.98 Å². The SMILES string of the molecule is Cc1ccc(-c2nc(/C=C3\C(=O)C=Cc4ccccc43)c(O)o2)cc1. The molecule has 0 atom stereocenters. The molecule has 0 unspecified atom stereocenters. The van der Waals surface area contributed by atoms with E-state index in [1.54, 1.807) is 12.2 Å². The van der Waals surface area contributed by atoms with Crippen LogP contribution in [0.4, 0.5) is 0 Å². The van der Waals surface area contributed by atoms with E-state index >= 15 is 0 Å². The maximum Gasteiger partial charge on any atom is 0.310 e. The third-order valence-corrected chi connectivity index (χ3v) is 4.14. The fraction of sp³-hybridized carbons (Fsp3) is 0.0476. The van der Waals surface area contributed by atoms with Crippen molar-refractivity contribution >= 4 is 23.5 Å². The van der Waals surface area contributed by atoms with Gasteiger partial charge in [-0.25, -0.2) is 4.98 Å². The van der Waals surface area contributed by atoms with Gasteiger partial charge < -0.3 is 9.52 Å². The lowest BCUT2D eigenvalue weighted by molar-refractivity contribution is -0.109. The number of oxazole rings is 1. The molecule has 25 heavy (non-hydrogen) atoms. The summed E-state index contributed by atoms with van der Waals surface area (Å²) in [6.07, 6.45) is 4.88. The van der Waals surface area contributed by atoms with E-state index in [1.807, 2.05) is 55.5 Å². The molecule has 1 heterocycles. The number of aromatic hydroxyl groups is 1. The smallest absolute Gasteiger partial charge is 0.310 e. The van der Waals surface area contributed by atoms with Crippen molar-refractivity contribution < 1.29 is 14.3 Å². The van der Waals surface area contributed by atoms with Crippen LogP contribution in [0.5, 0.6) is 5.95 Å². The monoisotopic (exact) mass is 329 g/mol. The van der Waals surface area contributed by atoms with Crippen LogP contribution in [0.15, 0.2) is 59.0 Å². The fourth-order valence-electron chi connectivity index (χ4n) is 2.80. The first kappa shape index (κ1) is 15.1. The maximum absolute atomic E-state index is 12.3. The van der Waals surface area contributed by atoms with E-state index in [0.717, 1.165) is 22.3 Å². The average molecular weight is 329 g/mol. The molecule has 4 heteroatoms. The third kappa shape index (κ3) is 2.78. The molecule has 1 N–H and O–H groups in total. The molecule has 0 bridgehead atoms. The Morgan fingerprint density at radius 3 is 2.60 bits per heavy atom. The molecule has 0 aliphatic heterocycles. The van der Waals surface area contributed by atoms with Crippen LogP contribution in [0.3, 0.4) is 0 Å². The van der Waals surface area contributed by atoms with Gasteiger partial charge >= 0.3 is 5.95 Å². The lowest BCUT2D eigenvalue weighted by Gasteiger charge is -2.12. The van der Waals surface area contributed by atoms with Crippen molar-refractivity contribution in [3.63, 3.8) is 0 Å². The summed E-state index contributed by atoms with van der Waals surface area (Å²) in [4.78, 5) is 16.6. The van der Waals surface area contributed by atoms with Crippen molar-refractivity contribution in [2.75, 3.05) is 0 Å². The first-order valence-electron chi connectivity index (χ1n) is 7.92. The topological polar surface area (TPSA) is 63.3 Å². The average Bonchev–Trinajstić information content (AvgIpc) is 2.99. The highest BCUT2D eigenvalue weighted by molar-refractivity contribution is 6.33. The predicted octanol–water partition coefficient (Wildman–Crippen LogP) is 4.49.